The van der Waals surface area contributed by atoms with Crippen molar-refractivity contribution in [2.75, 3.05) is 11.5 Å². The van der Waals surface area contributed by atoms with E-state index >= 15 is 0 Å². The number of benzene rings is 2. The molecule has 0 radical (unpaired) electrons. The smallest absolute Gasteiger partial charge is 0.197 e. The Morgan fingerprint density at radius 2 is 1.85 bits per heavy atom. The average molecular weight is 265 g/mol. The molecule has 0 unspecified atom stereocenters. The molecule has 4 nitrogen and oxygen atoms in total. The molecule has 2 aromatic carbocycles. The molecule has 4 heteroatoms. The van der Waals surface area contributed by atoms with Crippen molar-refractivity contribution in [3.05, 3.63) is 59.3 Å². The first kappa shape index (κ1) is 12.3. The fourth-order valence-electron chi connectivity index (χ4n) is 2.36. The van der Waals surface area contributed by atoms with Crippen molar-refractivity contribution in [1.82, 2.24) is 4.98 Å². The summed E-state index contributed by atoms with van der Waals surface area (Å²) in [5, 5.41) is 0.909. The van der Waals surface area contributed by atoms with Crippen LogP contribution >= 0.6 is 0 Å². The summed E-state index contributed by atoms with van der Waals surface area (Å²) in [6.45, 7) is 2.00. The third-order valence-electron chi connectivity index (χ3n) is 3.40. The molecule has 5 N–H and O–H groups in total. The first-order chi connectivity index (χ1) is 9.56. The highest BCUT2D eigenvalue weighted by Gasteiger charge is 2.16. The number of nitrogen functional groups attached to an aromatic ring is 2. The molecular weight excluding hydrogens is 250 g/mol. The van der Waals surface area contributed by atoms with E-state index in [2.05, 4.69) is 4.98 Å². The fraction of sp³-hybridized carbons (Fsp3) is 0.0625. The van der Waals surface area contributed by atoms with Crippen LogP contribution in [0.2, 0.25) is 0 Å². The van der Waals surface area contributed by atoms with Gasteiger partial charge in [-0.3, -0.25) is 4.79 Å². The standard InChI is InChI=1S/C16H15N3O/c1-9-2-5-15-12(6-9)13(8-19-15)16(20)11-4-3-10(17)7-14(11)18/h2-8,19H,17-18H2,1H3. The van der Waals surface area contributed by atoms with Crippen LogP contribution in [0, 0.1) is 6.92 Å². The Bertz CT molecular complexity index is 818. The van der Waals surface area contributed by atoms with Crippen molar-refractivity contribution >= 4 is 28.1 Å². The van der Waals surface area contributed by atoms with Gasteiger partial charge in [0.15, 0.2) is 5.78 Å². The third-order valence-corrected chi connectivity index (χ3v) is 3.40. The van der Waals surface area contributed by atoms with Crippen molar-refractivity contribution in [2.24, 2.45) is 0 Å². The summed E-state index contributed by atoms with van der Waals surface area (Å²) in [5.41, 5.74) is 15.6. The molecule has 0 saturated carbocycles. The Balaban J connectivity index is 2.15. The number of fused-ring (bicyclic) bond motifs is 1. The van der Waals surface area contributed by atoms with Gasteiger partial charge in [0.25, 0.3) is 0 Å². The highest BCUT2D eigenvalue weighted by Crippen LogP contribution is 2.25. The Labute approximate surface area is 116 Å². The lowest BCUT2D eigenvalue weighted by Gasteiger charge is -2.05. The molecule has 0 aliphatic heterocycles. The Morgan fingerprint density at radius 3 is 2.60 bits per heavy atom. The summed E-state index contributed by atoms with van der Waals surface area (Å²) in [6, 6.07) is 10.9. The van der Waals surface area contributed by atoms with Crippen LogP contribution in [-0.2, 0) is 0 Å². The maximum absolute atomic E-state index is 12.6. The third kappa shape index (κ3) is 1.91. The van der Waals surface area contributed by atoms with Crippen LogP contribution in [0.5, 0.6) is 0 Å². The van der Waals surface area contributed by atoms with Crippen molar-refractivity contribution in [2.45, 2.75) is 6.92 Å². The van der Waals surface area contributed by atoms with Gasteiger partial charge in [-0.25, -0.2) is 0 Å². The van der Waals surface area contributed by atoms with E-state index in [0.29, 0.717) is 22.5 Å². The highest BCUT2D eigenvalue weighted by molar-refractivity contribution is 6.18. The zero-order valence-electron chi connectivity index (χ0n) is 11.1. The lowest BCUT2D eigenvalue weighted by atomic mass is 10.00. The van der Waals surface area contributed by atoms with E-state index in [0.717, 1.165) is 16.5 Å². The minimum Gasteiger partial charge on any atom is -0.399 e. The van der Waals surface area contributed by atoms with Crippen LogP contribution in [0.25, 0.3) is 10.9 Å². The first-order valence-electron chi connectivity index (χ1n) is 6.33. The largest absolute Gasteiger partial charge is 0.399 e. The maximum atomic E-state index is 12.6. The number of carbonyl (C=O) groups excluding carboxylic acids is 1. The summed E-state index contributed by atoms with van der Waals surface area (Å²) in [4.78, 5) is 15.7. The van der Waals surface area contributed by atoms with Crippen LogP contribution < -0.4 is 11.5 Å². The van der Waals surface area contributed by atoms with Crippen LogP contribution in [-0.4, -0.2) is 10.8 Å². The molecule has 3 rings (SSSR count). The Hall–Kier alpha value is -2.75. The number of carbonyl (C=O) groups is 1. The summed E-state index contributed by atoms with van der Waals surface area (Å²) in [7, 11) is 0. The second kappa shape index (κ2) is 4.42. The van der Waals surface area contributed by atoms with Crippen LogP contribution in [0.1, 0.15) is 21.5 Å². The molecule has 1 heterocycles. The van der Waals surface area contributed by atoms with Crippen LogP contribution in [0.3, 0.4) is 0 Å². The molecule has 3 aromatic rings. The van der Waals surface area contributed by atoms with Gasteiger partial charge in [-0.15, -0.1) is 0 Å². The predicted octanol–water partition coefficient (Wildman–Crippen LogP) is 2.87. The number of aromatic amines is 1. The number of hydrogen-bond donors (Lipinski definition) is 3. The van der Waals surface area contributed by atoms with Gasteiger partial charge in [0.1, 0.15) is 0 Å². The van der Waals surface area contributed by atoms with E-state index in [4.69, 9.17) is 11.5 Å². The van der Waals surface area contributed by atoms with E-state index < -0.39 is 0 Å². The Morgan fingerprint density at radius 1 is 1.05 bits per heavy atom. The van der Waals surface area contributed by atoms with E-state index in [1.54, 1.807) is 24.4 Å². The van der Waals surface area contributed by atoms with Crippen LogP contribution in [0.15, 0.2) is 42.6 Å². The van der Waals surface area contributed by atoms with E-state index in [-0.39, 0.29) is 5.78 Å². The topological polar surface area (TPSA) is 84.9 Å². The monoisotopic (exact) mass is 265 g/mol. The maximum Gasteiger partial charge on any atom is 0.197 e. The molecule has 0 atom stereocenters. The fourth-order valence-corrected chi connectivity index (χ4v) is 2.36. The molecule has 100 valence electrons. The molecule has 0 amide bonds. The van der Waals surface area contributed by atoms with E-state index in [1.807, 2.05) is 25.1 Å². The van der Waals surface area contributed by atoms with Gasteiger partial charge in [0, 0.05) is 39.6 Å². The number of nitrogens with one attached hydrogen (secondary N) is 1. The quantitative estimate of drug-likeness (QED) is 0.492. The molecule has 0 bridgehead atoms. The van der Waals surface area contributed by atoms with Gasteiger partial charge in [0.2, 0.25) is 0 Å². The second-order valence-electron chi connectivity index (χ2n) is 4.93. The van der Waals surface area contributed by atoms with Crippen molar-refractivity contribution < 1.29 is 4.79 Å². The number of aryl methyl sites for hydroxylation is 1. The summed E-state index contributed by atoms with van der Waals surface area (Å²) in [6.07, 6.45) is 1.72. The van der Waals surface area contributed by atoms with Gasteiger partial charge in [-0.2, -0.15) is 0 Å². The lowest BCUT2D eigenvalue weighted by Crippen LogP contribution is -2.05. The molecule has 20 heavy (non-hydrogen) atoms. The zero-order chi connectivity index (χ0) is 14.3. The first-order valence-corrected chi connectivity index (χ1v) is 6.33. The SMILES string of the molecule is Cc1ccc2[nH]cc(C(=O)c3ccc(N)cc3N)c2c1. The van der Waals surface area contributed by atoms with E-state index in [9.17, 15) is 4.79 Å². The molecule has 1 aromatic heterocycles. The summed E-state index contributed by atoms with van der Waals surface area (Å²) in [5.74, 6) is -0.0978. The number of hydrogen-bond acceptors (Lipinski definition) is 3. The highest BCUT2D eigenvalue weighted by atomic mass is 16.1. The number of anilines is 2. The van der Waals surface area contributed by atoms with Crippen LogP contribution in [0.4, 0.5) is 11.4 Å². The van der Waals surface area contributed by atoms with Gasteiger partial charge in [0.05, 0.1) is 0 Å². The number of aromatic nitrogens is 1. The van der Waals surface area contributed by atoms with Gasteiger partial charge >= 0.3 is 0 Å². The summed E-state index contributed by atoms with van der Waals surface area (Å²) < 4.78 is 0. The zero-order valence-corrected chi connectivity index (χ0v) is 11.1. The molecule has 0 fully saturated rings. The minimum atomic E-state index is -0.0978. The molecule has 0 spiro atoms. The van der Waals surface area contributed by atoms with Gasteiger partial charge in [-0.1, -0.05) is 11.6 Å². The second-order valence-corrected chi connectivity index (χ2v) is 4.93. The molecule has 0 aliphatic carbocycles. The summed E-state index contributed by atoms with van der Waals surface area (Å²) >= 11 is 0. The number of ketones is 1. The average Bonchev–Trinajstić information content (AvgIpc) is 2.81. The molecular formula is C16H15N3O. The molecule has 0 aliphatic rings. The number of nitrogens with two attached hydrogens (primary N) is 2. The van der Waals surface area contributed by atoms with Gasteiger partial charge < -0.3 is 16.5 Å². The van der Waals surface area contributed by atoms with Crippen molar-refractivity contribution in [1.29, 1.82) is 0 Å². The normalized spacial score (nSPS) is 10.8. The van der Waals surface area contributed by atoms with Gasteiger partial charge in [-0.05, 0) is 37.3 Å². The van der Waals surface area contributed by atoms with E-state index in [1.165, 1.54) is 0 Å². The molecule has 0 saturated heterocycles. The van der Waals surface area contributed by atoms with Crippen molar-refractivity contribution in [3.63, 3.8) is 0 Å². The number of H-pyrrole nitrogens is 1. The lowest BCUT2D eigenvalue weighted by molar-refractivity contribution is 0.104. The minimum absolute atomic E-state index is 0.0978. The number of rotatable bonds is 2. The predicted molar refractivity (Wildman–Crippen MR) is 81.7 cm³/mol. The Kier molecular flexibility index (Phi) is 2.71. The van der Waals surface area contributed by atoms with Crippen molar-refractivity contribution in [3.8, 4) is 0 Å².